The fraction of sp³-hybridized carbons (Fsp3) is 0.130. The fourth-order valence-electron chi connectivity index (χ4n) is 2.78. The van der Waals surface area contributed by atoms with Crippen molar-refractivity contribution in [1.82, 2.24) is 0 Å². The highest BCUT2D eigenvalue weighted by atomic mass is 32.2. The smallest absolute Gasteiger partial charge is 0.331 e. The number of nitrogens with one attached hydrogen (secondary N) is 1. The molecular weight excluding hydrogens is 432 g/mol. The van der Waals surface area contributed by atoms with Crippen molar-refractivity contribution in [2.75, 3.05) is 11.3 Å². The van der Waals surface area contributed by atoms with Crippen LogP contribution in [0, 0.1) is 0 Å². The van der Waals surface area contributed by atoms with Crippen LogP contribution in [-0.2, 0) is 19.6 Å². The van der Waals surface area contributed by atoms with Gasteiger partial charge in [-0.25, -0.2) is 13.2 Å². The van der Waals surface area contributed by atoms with E-state index in [1.807, 2.05) is 6.07 Å². The quantitative estimate of drug-likeness (QED) is 0.289. The van der Waals surface area contributed by atoms with Gasteiger partial charge in [-0.2, -0.15) is 0 Å². The normalized spacial score (nSPS) is 11.9. The van der Waals surface area contributed by atoms with E-state index in [0.717, 1.165) is 0 Å². The predicted octanol–water partition coefficient (Wildman–Crippen LogP) is 3.35. The average molecular weight is 455 g/mol. The predicted molar refractivity (Wildman–Crippen MR) is 119 cm³/mol. The topological polar surface area (TPSA) is 125 Å². The number of anilines is 1. The maximum Gasteiger partial charge on any atom is 0.331 e. The monoisotopic (exact) mass is 454 g/mol. The molecule has 32 heavy (non-hydrogen) atoms. The molecule has 0 amide bonds. The lowest BCUT2D eigenvalue weighted by Gasteiger charge is -2.14. The summed E-state index contributed by atoms with van der Waals surface area (Å²) >= 11 is 0. The number of hydrogen-bond acceptors (Lipinski definition) is 7. The first-order valence-corrected chi connectivity index (χ1v) is 11.2. The molecule has 0 aliphatic heterocycles. The summed E-state index contributed by atoms with van der Waals surface area (Å²) in [6, 6.07) is 19.2. The third-order valence-corrected chi connectivity index (χ3v) is 5.76. The summed E-state index contributed by atoms with van der Waals surface area (Å²) in [5.41, 5.74) is 5.96. The second-order valence-electron chi connectivity index (χ2n) is 6.64. The van der Waals surface area contributed by atoms with Crippen molar-refractivity contribution in [1.29, 1.82) is 0 Å². The Bertz CT molecular complexity index is 1190. The van der Waals surface area contributed by atoms with Crippen LogP contribution in [0.5, 0.6) is 11.5 Å². The summed E-state index contributed by atoms with van der Waals surface area (Å²) in [5, 5.41) is 0. The number of sulfonamides is 1. The SMILES string of the molecule is CCOC(=O)C(N)C(=O)c1ccc(S(=O)(=O)Nc2ccccc2Oc2ccccc2)cc1. The van der Waals surface area contributed by atoms with Crippen LogP contribution in [0.2, 0.25) is 0 Å². The van der Waals surface area contributed by atoms with Gasteiger partial charge < -0.3 is 15.2 Å². The molecule has 3 N–H and O–H groups in total. The lowest BCUT2D eigenvalue weighted by atomic mass is 10.1. The molecule has 1 atom stereocenters. The molecule has 1 unspecified atom stereocenters. The zero-order valence-corrected chi connectivity index (χ0v) is 18.0. The number of ether oxygens (including phenoxy) is 2. The number of ketones is 1. The Morgan fingerprint density at radius 2 is 1.56 bits per heavy atom. The maximum absolute atomic E-state index is 12.9. The third kappa shape index (κ3) is 5.51. The molecule has 9 heteroatoms. The van der Waals surface area contributed by atoms with Gasteiger partial charge in [0.1, 0.15) is 5.75 Å². The van der Waals surface area contributed by atoms with E-state index < -0.39 is 27.8 Å². The van der Waals surface area contributed by atoms with Gasteiger partial charge >= 0.3 is 5.97 Å². The largest absolute Gasteiger partial charge is 0.464 e. The molecule has 0 heterocycles. The summed E-state index contributed by atoms with van der Waals surface area (Å²) in [7, 11) is -3.98. The van der Waals surface area contributed by atoms with Crippen molar-refractivity contribution in [3.05, 3.63) is 84.4 Å². The van der Waals surface area contributed by atoms with Crippen LogP contribution in [-0.4, -0.2) is 32.8 Å². The molecule has 3 rings (SSSR count). The Kier molecular flexibility index (Phi) is 7.24. The molecule has 0 saturated carbocycles. The number of carbonyl (C=O) groups excluding carboxylic acids is 2. The van der Waals surface area contributed by atoms with Gasteiger partial charge in [-0.1, -0.05) is 30.3 Å². The van der Waals surface area contributed by atoms with Gasteiger partial charge in [-0.15, -0.1) is 0 Å². The Hall–Kier alpha value is -3.69. The minimum Gasteiger partial charge on any atom is -0.464 e. The first-order valence-electron chi connectivity index (χ1n) is 9.73. The lowest BCUT2D eigenvalue weighted by Crippen LogP contribution is -2.40. The van der Waals surface area contributed by atoms with E-state index in [4.69, 9.17) is 15.2 Å². The van der Waals surface area contributed by atoms with Crippen LogP contribution >= 0.6 is 0 Å². The zero-order chi connectivity index (χ0) is 23.1. The van der Waals surface area contributed by atoms with E-state index in [2.05, 4.69) is 4.72 Å². The lowest BCUT2D eigenvalue weighted by molar-refractivity contribution is -0.143. The summed E-state index contributed by atoms with van der Waals surface area (Å²) in [6.07, 6.45) is 0. The number of esters is 1. The van der Waals surface area contributed by atoms with Crippen molar-refractivity contribution in [3.63, 3.8) is 0 Å². The number of carbonyl (C=O) groups is 2. The number of benzene rings is 3. The summed E-state index contributed by atoms with van der Waals surface area (Å²) in [5.74, 6) is -0.623. The average Bonchev–Trinajstić information content (AvgIpc) is 2.80. The second kappa shape index (κ2) is 10.1. The zero-order valence-electron chi connectivity index (χ0n) is 17.2. The molecule has 166 valence electrons. The second-order valence-corrected chi connectivity index (χ2v) is 8.32. The number of nitrogens with two attached hydrogens (primary N) is 1. The molecule has 0 aliphatic rings. The summed E-state index contributed by atoms with van der Waals surface area (Å²) in [6.45, 7) is 1.70. The van der Waals surface area contributed by atoms with Gasteiger partial charge in [-0.3, -0.25) is 9.52 Å². The van der Waals surface area contributed by atoms with E-state index in [0.29, 0.717) is 11.5 Å². The van der Waals surface area contributed by atoms with Gasteiger partial charge in [0.15, 0.2) is 17.6 Å². The summed E-state index contributed by atoms with van der Waals surface area (Å²) < 4.78 is 38.7. The first-order chi connectivity index (χ1) is 15.3. The van der Waals surface area contributed by atoms with E-state index in [1.165, 1.54) is 24.3 Å². The molecule has 0 aromatic heterocycles. The van der Waals surface area contributed by atoms with Crippen molar-refractivity contribution < 1.29 is 27.5 Å². The standard InChI is InChI=1S/C23H22N2O6S/c1-2-30-23(27)21(24)22(26)16-12-14-18(15-13-16)32(28,29)25-19-10-6-7-11-20(19)31-17-8-4-3-5-9-17/h3-15,21,25H,2,24H2,1H3. The highest BCUT2D eigenvalue weighted by molar-refractivity contribution is 7.92. The van der Waals surface area contributed by atoms with Gasteiger partial charge in [0.05, 0.1) is 17.2 Å². The number of rotatable bonds is 9. The Labute approximate surface area is 186 Å². The third-order valence-electron chi connectivity index (χ3n) is 4.37. The molecule has 0 aliphatic carbocycles. The van der Waals surface area contributed by atoms with Crippen LogP contribution in [0.4, 0.5) is 5.69 Å². The van der Waals surface area contributed by atoms with Crippen molar-refractivity contribution >= 4 is 27.5 Å². The number of Topliss-reactive ketones (excluding diaryl/α,β-unsaturated/α-hetero) is 1. The Morgan fingerprint density at radius 3 is 2.22 bits per heavy atom. The van der Waals surface area contributed by atoms with Crippen LogP contribution < -0.4 is 15.2 Å². The van der Waals surface area contributed by atoms with E-state index in [-0.39, 0.29) is 22.8 Å². The van der Waals surface area contributed by atoms with Crippen LogP contribution in [0.25, 0.3) is 0 Å². The van der Waals surface area contributed by atoms with Crippen LogP contribution in [0.15, 0.2) is 83.8 Å². The van der Waals surface area contributed by atoms with Gasteiger partial charge in [0.2, 0.25) is 0 Å². The first kappa shape index (κ1) is 23.0. The van der Waals surface area contributed by atoms with E-state index in [9.17, 15) is 18.0 Å². The van der Waals surface area contributed by atoms with Crippen LogP contribution in [0.1, 0.15) is 17.3 Å². The van der Waals surface area contributed by atoms with E-state index >= 15 is 0 Å². The van der Waals surface area contributed by atoms with E-state index in [1.54, 1.807) is 55.5 Å². The molecule has 0 fully saturated rings. The minimum absolute atomic E-state index is 0.0757. The molecule has 0 bridgehead atoms. The molecular formula is C23H22N2O6S. The molecule has 0 spiro atoms. The van der Waals surface area contributed by atoms with Gasteiger partial charge in [0, 0.05) is 5.56 Å². The maximum atomic E-state index is 12.9. The van der Waals surface area contributed by atoms with Crippen molar-refractivity contribution in [2.24, 2.45) is 5.73 Å². The molecule has 3 aromatic carbocycles. The molecule has 0 saturated heterocycles. The molecule has 8 nitrogen and oxygen atoms in total. The number of hydrogen-bond donors (Lipinski definition) is 2. The van der Waals surface area contributed by atoms with Gasteiger partial charge in [0.25, 0.3) is 10.0 Å². The molecule has 3 aromatic rings. The van der Waals surface area contributed by atoms with Crippen molar-refractivity contribution in [2.45, 2.75) is 17.9 Å². The number of para-hydroxylation sites is 3. The van der Waals surface area contributed by atoms with Crippen molar-refractivity contribution in [3.8, 4) is 11.5 Å². The highest BCUT2D eigenvalue weighted by Crippen LogP contribution is 2.30. The summed E-state index contributed by atoms with van der Waals surface area (Å²) in [4.78, 5) is 23.9. The fourth-order valence-corrected chi connectivity index (χ4v) is 3.85. The minimum atomic E-state index is -3.98. The Balaban J connectivity index is 1.78. The Morgan fingerprint density at radius 1 is 0.938 bits per heavy atom. The van der Waals surface area contributed by atoms with Crippen LogP contribution in [0.3, 0.4) is 0 Å². The van der Waals surface area contributed by atoms with Gasteiger partial charge in [-0.05, 0) is 55.5 Å². The highest BCUT2D eigenvalue weighted by Gasteiger charge is 2.25. The molecule has 0 radical (unpaired) electrons.